The summed E-state index contributed by atoms with van der Waals surface area (Å²) in [5, 5.41) is 0. The van der Waals surface area contributed by atoms with Crippen molar-refractivity contribution in [2.45, 2.75) is 48.4 Å². The third-order valence-corrected chi connectivity index (χ3v) is 4.06. The molecular formula is C15H5F17N2O2. The van der Waals surface area contributed by atoms with Gasteiger partial charge in [-0.3, -0.25) is 9.47 Å². The predicted octanol–water partition coefficient (Wildman–Crippen LogP) is 6.89. The lowest BCUT2D eigenvalue weighted by Gasteiger charge is -2.40. The SMILES string of the molecule is FC(F)(F)C(F)(OC(F)(F)C(F)(OC(F)(F)C(F)(F)C(F)(F)F)C(F)(F)F)c1nc2ccccc2[nH]1. The van der Waals surface area contributed by atoms with Gasteiger partial charge in [-0.05, 0) is 12.1 Å². The van der Waals surface area contributed by atoms with Gasteiger partial charge in [0.15, 0.2) is 5.82 Å². The van der Waals surface area contributed by atoms with E-state index >= 15 is 0 Å². The summed E-state index contributed by atoms with van der Waals surface area (Å²) in [4.78, 5) is 4.08. The molecule has 21 heteroatoms. The zero-order valence-electron chi connectivity index (χ0n) is 16.0. The van der Waals surface area contributed by atoms with Crippen molar-refractivity contribution in [1.29, 1.82) is 0 Å². The average Bonchev–Trinajstić information content (AvgIpc) is 3.09. The minimum atomic E-state index is -7.94. The van der Waals surface area contributed by atoms with Crippen molar-refractivity contribution in [2.24, 2.45) is 0 Å². The number of nitrogens with zero attached hydrogens (tertiary/aromatic N) is 1. The van der Waals surface area contributed by atoms with E-state index in [9.17, 15) is 74.6 Å². The first kappa shape index (κ1) is 29.6. The van der Waals surface area contributed by atoms with E-state index in [1.165, 1.54) is 9.72 Å². The van der Waals surface area contributed by atoms with Gasteiger partial charge < -0.3 is 4.98 Å². The van der Waals surface area contributed by atoms with Gasteiger partial charge in [0.1, 0.15) is 0 Å². The Balaban J connectivity index is 2.68. The number of fused-ring (bicyclic) bond motifs is 1. The third-order valence-electron chi connectivity index (χ3n) is 4.06. The highest BCUT2D eigenvalue weighted by atomic mass is 19.4. The summed E-state index contributed by atoms with van der Waals surface area (Å²) in [6, 6.07) is 3.63. The molecule has 36 heavy (non-hydrogen) atoms. The molecule has 1 heterocycles. The van der Waals surface area contributed by atoms with Crippen LogP contribution in [0.2, 0.25) is 0 Å². The predicted molar refractivity (Wildman–Crippen MR) is 77.9 cm³/mol. The molecule has 2 unspecified atom stereocenters. The van der Waals surface area contributed by atoms with Crippen molar-refractivity contribution in [2.75, 3.05) is 0 Å². The van der Waals surface area contributed by atoms with Crippen molar-refractivity contribution in [3.63, 3.8) is 0 Å². The van der Waals surface area contributed by atoms with E-state index in [2.05, 4.69) is 9.72 Å². The quantitative estimate of drug-likeness (QED) is 0.371. The van der Waals surface area contributed by atoms with Gasteiger partial charge in [-0.25, -0.2) is 4.98 Å². The monoisotopic (exact) mass is 568 g/mol. The Hall–Kier alpha value is -2.58. The van der Waals surface area contributed by atoms with Gasteiger partial charge in [-0.2, -0.15) is 74.6 Å². The first-order valence-corrected chi connectivity index (χ1v) is 8.30. The molecular weight excluding hydrogens is 563 g/mol. The zero-order valence-corrected chi connectivity index (χ0v) is 16.0. The van der Waals surface area contributed by atoms with Gasteiger partial charge in [0.2, 0.25) is 0 Å². The van der Waals surface area contributed by atoms with Crippen molar-refractivity contribution in [3.05, 3.63) is 30.1 Å². The normalized spacial score (nSPS) is 18.2. The van der Waals surface area contributed by atoms with Gasteiger partial charge in [0.05, 0.1) is 11.0 Å². The largest absolute Gasteiger partial charge is 0.462 e. The number of alkyl halides is 17. The lowest BCUT2D eigenvalue weighted by atomic mass is 10.2. The summed E-state index contributed by atoms with van der Waals surface area (Å²) >= 11 is 0. The summed E-state index contributed by atoms with van der Waals surface area (Å²) in [5.41, 5.74) is -1.32. The van der Waals surface area contributed by atoms with E-state index < -0.39 is 65.2 Å². The number of nitrogens with one attached hydrogen (secondary N) is 1. The third kappa shape index (κ3) is 4.61. The van der Waals surface area contributed by atoms with Crippen LogP contribution in [-0.4, -0.2) is 52.5 Å². The number of benzene rings is 1. The Bertz CT molecular complexity index is 1060. The molecule has 1 aromatic heterocycles. The Labute approximate surface area is 185 Å². The molecule has 2 rings (SSSR count). The highest BCUT2D eigenvalue weighted by molar-refractivity contribution is 5.74. The number of aromatic nitrogens is 2. The molecule has 0 spiro atoms. The molecule has 0 amide bonds. The van der Waals surface area contributed by atoms with E-state index in [0.717, 1.165) is 24.3 Å². The molecule has 0 aliphatic carbocycles. The maximum atomic E-state index is 14.7. The second kappa shape index (κ2) is 8.21. The molecule has 0 saturated heterocycles. The van der Waals surface area contributed by atoms with E-state index in [0.29, 0.717) is 0 Å². The van der Waals surface area contributed by atoms with Gasteiger partial charge in [-0.1, -0.05) is 12.1 Å². The number of aromatic amines is 1. The first-order chi connectivity index (χ1) is 15.7. The van der Waals surface area contributed by atoms with Crippen LogP contribution >= 0.6 is 0 Å². The number of hydrogen-bond donors (Lipinski definition) is 1. The molecule has 0 aliphatic heterocycles. The number of hydrogen-bond acceptors (Lipinski definition) is 3. The van der Waals surface area contributed by atoms with Crippen molar-refractivity contribution in [1.82, 2.24) is 9.97 Å². The Morgan fingerprint density at radius 2 is 1.08 bits per heavy atom. The van der Waals surface area contributed by atoms with Crippen LogP contribution in [0.5, 0.6) is 0 Å². The Morgan fingerprint density at radius 1 is 0.583 bits per heavy atom. The summed E-state index contributed by atoms with van der Waals surface area (Å²) < 4.78 is 228. The Kier molecular flexibility index (Phi) is 6.77. The molecule has 206 valence electrons. The molecule has 1 aromatic carbocycles. The zero-order chi connectivity index (χ0) is 28.4. The lowest BCUT2D eigenvalue weighted by molar-refractivity contribution is -0.554. The highest BCUT2D eigenvalue weighted by Crippen LogP contribution is 2.57. The summed E-state index contributed by atoms with van der Waals surface area (Å²) in [7, 11) is 0. The molecule has 2 atom stereocenters. The van der Waals surface area contributed by atoms with Gasteiger partial charge in [0.25, 0.3) is 0 Å². The van der Waals surface area contributed by atoms with E-state index in [1.807, 2.05) is 0 Å². The smallest absolute Gasteiger partial charge is 0.337 e. The van der Waals surface area contributed by atoms with Crippen molar-refractivity contribution >= 4 is 11.0 Å². The first-order valence-electron chi connectivity index (χ1n) is 8.30. The second-order valence-electron chi connectivity index (χ2n) is 6.60. The average molecular weight is 568 g/mol. The fraction of sp³-hybridized carbons (Fsp3) is 0.533. The maximum Gasteiger partial charge on any atom is 0.462 e. The van der Waals surface area contributed by atoms with Crippen LogP contribution in [-0.2, 0) is 15.3 Å². The van der Waals surface area contributed by atoms with Crippen LogP contribution in [0.1, 0.15) is 5.82 Å². The molecule has 2 aromatic rings. The summed E-state index contributed by atoms with van der Waals surface area (Å²) in [5.74, 6) is -24.6. The Morgan fingerprint density at radius 3 is 1.50 bits per heavy atom. The molecule has 0 radical (unpaired) electrons. The minimum absolute atomic E-state index is 0.624. The minimum Gasteiger partial charge on any atom is -0.337 e. The van der Waals surface area contributed by atoms with Crippen LogP contribution < -0.4 is 0 Å². The van der Waals surface area contributed by atoms with Gasteiger partial charge in [-0.15, -0.1) is 0 Å². The highest BCUT2D eigenvalue weighted by Gasteiger charge is 2.85. The summed E-state index contributed by atoms with van der Waals surface area (Å²) in [6.45, 7) is 0. The number of halogens is 17. The topological polar surface area (TPSA) is 47.1 Å². The van der Waals surface area contributed by atoms with Crippen LogP contribution in [0.25, 0.3) is 11.0 Å². The van der Waals surface area contributed by atoms with E-state index in [1.54, 1.807) is 0 Å². The second-order valence-corrected chi connectivity index (χ2v) is 6.60. The van der Waals surface area contributed by atoms with Crippen LogP contribution in [0, 0.1) is 0 Å². The number of imidazole rings is 1. The molecule has 0 aliphatic rings. The molecule has 0 bridgehead atoms. The molecule has 4 nitrogen and oxygen atoms in total. The van der Waals surface area contributed by atoms with Crippen LogP contribution in [0.3, 0.4) is 0 Å². The standard InChI is InChI=1S/C15H5F17N2O2/c16-8(11(20,21)22,7-33-5-3-1-2-4-6(5)34-7)35-15(31,32)10(19,13(26,27)28)36-14(29,30)9(17,18)12(23,24)25/h1-4H,(H,33,34). The number of para-hydroxylation sites is 2. The number of H-pyrrole nitrogens is 1. The molecule has 0 saturated carbocycles. The van der Waals surface area contributed by atoms with Crippen molar-refractivity contribution in [3.8, 4) is 0 Å². The van der Waals surface area contributed by atoms with Crippen LogP contribution in [0.4, 0.5) is 74.6 Å². The van der Waals surface area contributed by atoms with Gasteiger partial charge in [0, 0.05) is 0 Å². The lowest BCUT2D eigenvalue weighted by Crippen LogP contribution is -2.67. The fourth-order valence-electron chi connectivity index (χ4n) is 2.28. The van der Waals surface area contributed by atoms with Crippen molar-refractivity contribution < 1.29 is 84.1 Å². The molecule has 1 N–H and O–H groups in total. The van der Waals surface area contributed by atoms with E-state index in [4.69, 9.17) is 0 Å². The maximum absolute atomic E-state index is 14.7. The molecule has 0 fully saturated rings. The van der Waals surface area contributed by atoms with Gasteiger partial charge >= 0.3 is 48.4 Å². The van der Waals surface area contributed by atoms with E-state index in [-0.39, 0.29) is 0 Å². The number of rotatable bonds is 7. The van der Waals surface area contributed by atoms with Crippen LogP contribution in [0.15, 0.2) is 24.3 Å². The number of ether oxygens (including phenoxy) is 2. The summed E-state index contributed by atoms with van der Waals surface area (Å²) in [6.07, 6.45) is -37.9. The fourth-order valence-corrected chi connectivity index (χ4v) is 2.28.